The molecule has 0 saturated carbocycles. The molecule has 0 fully saturated rings. The summed E-state index contributed by atoms with van der Waals surface area (Å²) in [6, 6.07) is 0. The van der Waals surface area contributed by atoms with E-state index in [4.69, 9.17) is 0 Å². The van der Waals surface area contributed by atoms with Gasteiger partial charge in [0.25, 0.3) is 0 Å². The summed E-state index contributed by atoms with van der Waals surface area (Å²) in [6.07, 6.45) is 9.15. The molecular formula is C14H27NO. The van der Waals surface area contributed by atoms with Crippen molar-refractivity contribution in [3.63, 3.8) is 0 Å². The fourth-order valence-corrected chi connectivity index (χ4v) is 0.710. The first-order valence-electron chi connectivity index (χ1n) is 5.93. The highest BCUT2D eigenvalue weighted by Crippen LogP contribution is 1.97. The molecule has 0 atom stereocenters. The molecule has 1 N–H and O–H groups in total. The van der Waals surface area contributed by atoms with Crippen molar-refractivity contribution in [2.45, 2.75) is 41.0 Å². The Morgan fingerprint density at radius 2 is 1.75 bits per heavy atom. The van der Waals surface area contributed by atoms with Gasteiger partial charge in [-0.15, -0.1) is 0 Å². The van der Waals surface area contributed by atoms with Crippen LogP contribution in [0.25, 0.3) is 0 Å². The SMILES string of the molecule is C=C/C=C\C=C(/C)CCNC=O.CC.CC. The number of nitrogens with one attached hydrogen (secondary N) is 1. The van der Waals surface area contributed by atoms with Crippen LogP contribution in [0.4, 0.5) is 0 Å². The highest BCUT2D eigenvalue weighted by molar-refractivity contribution is 5.45. The highest BCUT2D eigenvalue weighted by Gasteiger charge is 1.86. The molecule has 0 aliphatic carbocycles. The zero-order valence-electron chi connectivity index (χ0n) is 11.4. The van der Waals surface area contributed by atoms with Crippen LogP contribution in [0.2, 0.25) is 0 Å². The number of hydrogen-bond donors (Lipinski definition) is 1. The van der Waals surface area contributed by atoms with Gasteiger partial charge < -0.3 is 5.32 Å². The van der Waals surface area contributed by atoms with E-state index >= 15 is 0 Å². The molecule has 1 amide bonds. The Bertz CT molecular complexity index is 193. The van der Waals surface area contributed by atoms with Crippen LogP contribution < -0.4 is 5.32 Å². The van der Waals surface area contributed by atoms with Crippen molar-refractivity contribution in [2.24, 2.45) is 0 Å². The maximum absolute atomic E-state index is 9.89. The van der Waals surface area contributed by atoms with Gasteiger partial charge >= 0.3 is 0 Å². The Balaban J connectivity index is -0.000000376. The second-order valence-electron chi connectivity index (χ2n) is 2.46. The lowest BCUT2D eigenvalue weighted by Crippen LogP contribution is -2.11. The topological polar surface area (TPSA) is 29.1 Å². The summed E-state index contributed by atoms with van der Waals surface area (Å²) in [4.78, 5) is 9.89. The van der Waals surface area contributed by atoms with Gasteiger partial charge in [-0.05, 0) is 13.3 Å². The molecule has 0 aliphatic rings. The van der Waals surface area contributed by atoms with Crippen LogP contribution in [-0.2, 0) is 4.79 Å². The van der Waals surface area contributed by atoms with Gasteiger partial charge in [0.2, 0.25) is 6.41 Å². The van der Waals surface area contributed by atoms with E-state index in [2.05, 4.69) is 11.9 Å². The first-order valence-corrected chi connectivity index (χ1v) is 5.93. The molecular weight excluding hydrogens is 198 g/mol. The maximum Gasteiger partial charge on any atom is 0.207 e. The van der Waals surface area contributed by atoms with Gasteiger partial charge in [-0.1, -0.05) is 64.2 Å². The van der Waals surface area contributed by atoms with Gasteiger partial charge in [-0.25, -0.2) is 0 Å². The number of carbonyl (C=O) groups excluding carboxylic acids is 1. The number of amides is 1. The van der Waals surface area contributed by atoms with Gasteiger partial charge in [-0.3, -0.25) is 4.79 Å². The smallest absolute Gasteiger partial charge is 0.207 e. The monoisotopic (exact) mass is 225 g/mol. The lowest BCUT2D eigenvalue weighted by atomic mass is 10.2. The van der Waals surface area contributed by atoms with E-state index in [-0.39, 0.29) is 0 Å². The summed E-state index contributed by atoms with van der Waals surface area (Å²) < 4.78 is 0. The van der Waals surface area contributed by atoms with E-state index in [9.17, 15) is 4.79 Å². The second-order valence-corrected chi connectivity index (χ2v) is 2.46. The minimum absolute atomic E-state index is 0.702. The van der Waals surface area contributed by atoms with E-state index < -0.39 is 0 Å². The fraction of sp³-hybridized carbons (Fsp3) is 0.500. The average molecular weight is 225 g/mol. The lowest BCUT2D eigenvalue weighted by Gasteiger charge is -1.97. The Labute approximate surface area is 101 Å². The van der Waals surface area contributed by atoms with Gasteiger partial charge in [0.15, 0.2) is 0 Å². The van der Waals surface area contributed by atoms with Gasteiger partial charge in [0.05, 0.1) is 0 Å². The van der Waals surface area contributed by atoms with E-state index in [0.29, 0.717) is 13.0 Å². The fourth-order valence-electron chi connectivity index (χ4n) is 0.710. The zero-order valence-corrected chi connectivity index (χ0v) is 11.4. The maximum atomic E-state index is 9.89. The van der Waals surface area contributed by atoms with Crippen LogP contribution in [0.3, 0.4) is 0 Å². The van der Waals surface area contributed by atoms with E-state index in [1.165, 1.54) is 5.57 Å². The van der Waals surface area contributed by atoms with Crippen molar-refractivity contribution in [2.75, 3.05) is 6.54 Å². The highest BCUT2D eigenvalue weighted by atomic mass is 16.1. The Kier molecular flexibility index (Phi) is 29.6. The van der Waals surface area contributed by atoms with Gasteiger partial charge in [0, 0.05) is 6.54 Å². The largest absolute Gasteiger partial charge is 0.358 e. The summed E-state index contributed by atoms with van der Waals surface area (Å²) >= 11 is 0. The Morgan fingerprint density at radius 3 is 2.19 bits per heavy atom. The third-order valence-corrected chi connectivity index (χ3v) is 1.37. The van der Waals surface area contributed by atoms with Crippen molar-refractivity contribution in [1.82, 2.24) is 5.32 Å². The molecule has 2 heteroatoms. The molecule has 0 aromatic carbocycles. The Morgan fingerprint density at radius 1 is 1.19 bits per heavy atom. The van der Waals surface area contributed by atoms with Crippen molar-refractivity contribution < 1.29 is 4.79 Å². The van der Waals surface area contributed by atoms with Crippen LogP contribution in [-0.4, -0.2) is 13.0 Å². The molecule has 16 heavy (non-hydrogen) atoms. The minimum atomic E-state index is 0.702. The molecule has 0 aliphatic heterocycles. The quantitative estimate of drug-likeness (QED) is 0.415. The van der Waals surface area contributed by atoms with Crippen LogP contribution >= 0.6 is 0 Å². The molecule has 0 bridgehead atoms. The average Bonchev–Trinajstić information content (AvgIpc) is 2.35. The molecule has 0 aromatic rings. The van der Waals surface area contributed by atoms with Crippen molar-refractivity contribution in [3.8, 4) is 0 Å². The van der Waals surface area contributed by atoms with Gasteiger partial charge in [0.1, 0.15) is 0 Å². The standard InChI is InChI=1S/C10H15NO.2C2H6/c1-3-4-5-6-10(2)7-8-11-9-12;2*1-2/h3-6,9H,1,7-8H2,2H3,(H,11,12);2*1-2H3/b5-4-,10-6+;;. The van der Waals surface area contributed by atoms with E-state index in [1.54, 1.807) is 6.08 Å². The summed E-state index contributed by atoms with van der Waals surface area (Å²) in [5.74, 6) is 0. The molecule has 0 unspecified atom stereocenters. The van der Waals surface area contributed by atoms with Crippen LogP contribution in [0.15, 0.2) is 36.5 Å². The lowest BCUT2D eigenvalue weighted by molar-refractivity contribution is -0.109. The van der Waals surface area contributed by atoms with Gasteiger partial charge in [-0.2, -0.15) is 0 Å². The number of rotatable bonds is 6. The minimum Gasteiger partial charge on any atom is -0.358 e. The summed E-state index contributed by atoms with van der Waals surface area (Å²) in [6.45, 7) is 14.3. The molecule has 94 valence electrons. The third-order valence-electron chi connectivity index (χ3n) is 1.37. The van der Waals surface area contributed by atoms with Crippen molar-refractivity contribution in [1.29, 1.82) is 0 Å². The number of hydrogen-bond acceptors (Lipinski definition) is 1. The summed E-state index contributed by atoms with van der Waals surface area (Å²) in [7, 11) is 0. The first-order chi connectivity index (χ1) is 7.81. The normalized spacial score (nSPS) is 9.44. The Hall–Kier alpha value is -1.31. The van der Waals surface area contributed by atoms with Crippen LogP contribution in [0.5, 0.6) is 0 Å². The summed E-state index contributed by atoms with van der Waals surface area (Å²) in [5.41, 5.74) is 1.24. The van der Waals surface area contributed by atoms with Crippen molar-refractivity contribution in [3.05, 3.63) is 36.5 Å². The molecule has 0 aromatic heterocycles. The second kappa shape index (κ2) is 23.5. The van der Waals surface area contributed by atoms with Crippen LogP contribution in [0, 0.1) is 0 Å². The molecule has 0 radical (unpaired) electrons. The molecule has 0 spiro atoms. The third kappa shape index (κ3) is 23.0. The number of allylic oxidation sites excluding steroid dienone is 4. The van der Waals surface area contributed by atoms with E-state index in [0.717, 1.165) is 6.42 Å². The van der Waals surface area contributed by atoms with Crippen molar-refractivity contribution >= 4 is 6.41 Å². The molecule has 2 nitrogen and oxygen atoms in total. The zero-order chi connectivity index (χ0) is 13.2. The predicted octanol–water partition coefficient (Wildman–Crippen LogP) is 3.86. The first kappa shape index (κ1) is 20.1. The van der Waals surface area contributed by atoms with E-state index in [1.807, 2.05) is 52.8 Å². The predicted molar refractivity (Wildman–Crippen MR) is 74.5 cm³/mol. The van der Waals surface area contributed by atoms with Crippen LogP contribution in [0.1, 0.15) is 41.0 Å². The molecule has 0 saturated heterocycles. The summed E-state index contributed by atoms with van der Waals surface area (Å²) in [5, 5.41) is 2.60. The molecule has 0 rings (SSSR count). The number of carbonyl (C=O) groups is 1. The molecule has 0 heterocycles.